The van der Waals surface area contributed by atoms with E-state index in [1.54, 1.807) is 0 Å². The molecule has 162 valence electrons. The molecule has 0 unspecified atom stereocenters. The van der Waals surface area contributed by atoms with Gasteiger partial charge in [0, 0.05) is 0 Å². The molecule has 0 atom stereocenters. The van der Waals surface area contributed by atoms with Crippen molar-refractivity contribution < 1.29 is 19.8 Å². The molecule has 0 radical (unpaired) electrons. The zero-order valence-corrected chi connectivity index (χ0v) is 20.5. The number of rotatable bonds is 4. The van der Waals surface area contributed by atoms with Gasteiger partial charge >= 0.3 is 192 Å². The Hall–Kier alpha value is -2.97. The van der Waals surface area contributed by atoms with E-state index >= 15 is 0 Å². The van der Waals surface area contributed by atoms with Gasteiger partial charge in [0.1, 0.15) is 0 Å². The standard InChI is InChI=1S/C24H24BNO4SSi/c1-25-13-6-8-15-19(10-13)32(4,5)20-11-14(26(2)3)7-9-16(20)21(15)17-12-18(23(27)28)31-22(17)24(29)30/h6-12H,1-5H3,(H,27,28)(H,29,30). The fourth-order valence-corrected chi connectivity index (χ4v) is 8.38. The number of carbonyl (C=O) groups is 2. The van der Waals surface area contributed by atoms with Crippen LogP contribution in [0.25, 0.3) is 5.57 Å². The van der Waals surface area contributed by atoms with Crippen LogP contribution in [0.5, 0.6) is 0 Å². The number of hydrogen-bond acceptors (Lipinski definition) is 4. The fourth-order valence-electron chi connectivity index (χ4n) is 4.44. The van der Waals surface area contributed by atoms with E-state index in [4.69, 9.17) is 0 Å². The maximum absolute atomic E-state index is 12.1. The Balaban J connectivity index is 2.21. The van der Waals surface area contributed by atoms with Crippen LogP contribution in [0.4, 0.5) is 5.69 Å². The Morgan fingerprint density at radius 1 is 0.938 bits per heavy atom. The van der Waals surface area contributed by atoms with Crippen molar-refractivity contribution in [3.05, 3.63) is 73.7 Å². The van der Waals surface area contributed by atoms with Gasteiger partial charge in [-0.05, 0) is 0 Å². The number of carboxylic acids is 2. The molecule has 3 aromatic rings. The van der Waals surface area contributed by atoms with Gasteiger partial charge < -0.3 is 0 Å². The van der Waals surface area contributed by atoms with Crippen LogP contribution in [0, 0.1) is 5.11 Å². The summed E-state index contributed by atoms with van der Waals surface area (Å²) in [6.45, 7) is 8.69. The third-order valence-electron chi connectivity index (χ3n) is 6.19. The second-order valence-corrected chi connectivity index (χ2v) is 14.1. The van der Waals surface area contributed by atoms with Gasteiger partial charge in [-0.1, -0.05) is 0 Å². The first-order valence-corrected chi connectivity index (χ1v) is 14.1. The van der Waals surface area contributed by atoms with Crippen molar-refractivity contribution in [3.63, 3.8) is 0 Å². The predicted octanol–water partition coefficient (Wildman–Crippen LogP) is 2.60. The quantitative estimate of drug-likeness (QED) is 0.585. The van der Waals surface area contributed by atoms with Crippen LogP contribution in [-0.2, 0) is 0 Å². The van der Waals surface area contributed by atoms with E-state index in [1.807, 2.05) is 33.1 Å². The summed E-state index contributed by atoms with van der Waals surface area (Å²) in [5, 5.41) is 24.0. The summed E-state index contributed by atoms with van der Waals surface area (Å²) < 4.78 is 0. The minimum atomic E-state index is -2.12. The predicted molar refractivity (Wildman–Crippen MR) is 134 cm³/mol. The van der Waals surface area contributed by atoms with Crippen LogP contribution < -0.4 is 20.5 Å². The van der Waals surface area contributed by atoms with Gasteiger partial charge in [0.15, 0.2) is 0 Å². The molecule has 2 N–H and O–H groups in total. The van der Waals surface area contributed by atoms with Crippen LogP contribution in [0.2, 0.25) is 19.9 Å². The number of nitrogens with zero attached hydrogens (tertiary/aromatic N) is 1. The maximum atomic E-state index is 12.1. The van der Waals surface area contributed by atoms with Crippen molar-refractivity contribution >= 4 is 59.9 Å². The first-order valence-electron chi connectivity index (χ1n) is 10.3. The number of carboxylic acid groups (broad SMARTS) is 2. The third-order valence-corrected chi connectivity index (χ3v) is 10.8. The summed E-state index contributed by atoms with van der Waals surface area (Å²) >= 11 is 0.811. The fraction of sp³-hybridized carbons (Fsp3) is 0.208. The molecule has 0 amide bonds. The summed E-state index contributed by atoms with van der Waals surface area (Å²) in [6.07, 6.45) is 0. The van der Waals surface area contributed by atoms with E-state index in [0.29, 0.717) is 5.56 Å². The first-order chi connectivity index (χ1) is 15.1. The monoisotopic (exact) mass is 461 g/mol. The second-order valence-electron chi connectivity index (χ2n) is 8.68. The van der Waals surface area contributed by atoms with Gasteiger partial charge in [-0.2, -0.15) is 0 Å². The van der Waals surface area contributed by atoms with Crippen molar-refractivity contribution in [1.82, 2.24) is 0 Å². The molecule has 2 aromatic carbocycles. The zero-order chi connectivity index (χ0) is 23.4. The van der Waals surface area contributed by atoms with E-state index in [0.717, 1.165) is 38.5 Å². The SMILES string of the molecule is CB=c1ccc2c(c1)[Si](C)(C)c1cc(N(C)C)ccc1C=2c1cc(C(=O)O)sc1C(=O)O. The molecule has 4 rings (SSSR count). The van der Waals surface area contributed by atoms with Gasteiger partial charge in [-0.15, -0.1) is 0 Å². The molecule has 1 aliphatic rings. The number of benzene rings is 2. The van der Waals surface area contributed by atoms with Gasteiger partial charge in [0.2, 0.25) is 0 Å². The van der Waals surface area contributed by atoms with Crippen LogP contribution in [-0.4, -0.2) is 51.2 Å². The van der Waals surface area contributed by atoms with E-state index < -0.39 is 20.0 Å². The van der Waals surface area contributed by atoms with E-state index in [2.05, 4.69) is 49.2 Å². The number of anilines is 1. The Bertz CT molecular complexity index is 1410. The van der Waals surface area contributed by atoms with Crippen LogP contribution in [0.1, 0.15) is 30.5 Å². The van der Waals surface area contributed by atoms with Crippen molar-refractivity contribution in [1.29, 1.82) is 0 Å². The molecule has 0 spiro atoms. The molecule has 1 aliphatic heterocycles. The Morgan fingerprint density at radius 3 is 2.25 bits per heavy atom. The molecule has 5 nitrogen and oxygen atoms in total. The molecule has 32 heavy (non-hydrogen) atoms. The van der Waals surface area contributed by atoms with Gasteiger partial charge in [-0.25, -0.2) is 0 Å². The van der Waals surface area contributed by atoms with Gasteiger partial charge in [-0.3, -0.25) is 0 Å². The molecule has 0 saturated heterocycles. The van der Waals surface area contributed by atoms with Gasteiger partial charge in [0.25, 0.3) is 0 Å². The molecule has 0 bridgehead atoms. The van der Waals surface area contributed by atoms with Crippen LogP contribution in [0.15, 0.2) is 42.5 Å². The minimum absolute atomic E-state index is 0.0264. The number of aromatic carboxylic acids is 2. The van der Waals surface area contributed by atoms with Crippen LogP contribution in [0.3, 0.4) is 0 Å². The number of fused-ring (bicyclic) bond motifs is 2. The molecule has 0 fully saturated rings. The second kappa shape index (κ2) is 7.87. The average Bonchev–Trinajstić information content (AvgIpc) is 3.19. The number of thiophene rings is 1. The normalized spacial score (nSPS) is 14.4. The van der Waals surface area contributed by atoms with E-state index in [-0.39, 0.29) is 9.75 Å². The summed E-state index contributed by atoms with van der Waals surface area (Å²) in [5.41, 5.74) is 3.35. The summed E-state index contributed by atoms with van der Waals surface area (Å²) in [7, 11) is 1.89. The van der Waals surface area contributed by atoms with E-state index in [9.17, 15) is 19.8 Å². The molecular formula is C24H24BNO4SSi. The van der Waals surface area contributed by atoms with E-state index in [1.165, 1.54) is 16.4 Å². The average molecular weight is 461 g/mol. The van der Waals surface area contributed by atoms with Gasteiger partial charge in [0.05, 0.1) is 0 Å². The molecule has 0 saturated carbocycles. The van der Waals surface area contributed by atoms with Crippen molar-refractivity contribution in [3.8, 4) is 0 Å². The molecule has 0 aliphatic carbocycles. The molecular weight excluding hydrogens is 437 g/mol. The molecule has 1 aromatic heterocycles. The first kappa shape index (κ1) is 22.2. The van der Waals surface area contributed by atoms with Crippen molar-refractivity contribution in [2.75, 3.05) is 19.0 Å². The molecule has 2 heterocycles. The Labute approximate surface area is 192 Å². The Kier molecular flexibility index (Phi) is 5.46. The molecule has 8 heteroatoms. The topological polar surface area (TPSA) is 77.8 Å². The summed E-state index contributed by atoms with van der Waals surface area (Å²) in [4.78, 5) is 25.9. The summed E-state index contributed by atoms with van der Waals surface area (Å²) in [5.74, 6) is -2.23. The zero-order valence-electron chi connectivity index (χ0n) is 18.7. The van der Waals surface area contributed by atoms with Crippen molar-refractivity contribution in [2.45, 2.75) is 19.9 Å². The number of hydrogen-bond donors (Lipinski definition) is 2. The summed E-state index contributed by atoms with van der Waals surface area (Å²) in [6, 6.07) is 14.1. The Morgan fingerprint density at radius 2 is 1.66 bits per heavy atom. The van der Waals surface area contributed by atoms with Crippen molar-refractivity contribution in [2.24, 2.45) is 0 Å². The third kappa shape index (κ3) is 3.43. The van der Waals surface area contributed by atoms with Crippen LogP contribution >= 0.6 is 11.3 Å².